The molecule has 2 nitrogen and oxygen atoms in total. The van der Waals surface area contributed by atoms with Gasteiger partial charge in [-0.05, 0) is 42.3 Å². The molecule has 2 aromatic rings. The van der Waals surface area contributed by atoms with Crippen LogP contribution in [0.1, 0.15) is 11.1 Å². The monoisotopic (exact) mass is 247 g/mol. The van der Waals surface area contributed by atoms with Crippen LogP contribution in [0.2, 0.25) is 5.02 Å². The van der Waals surface area contributed by atoms with E-state index in [1.165, 1.54) is 0 Å². The average Bonchev–Trinajstić information content (AvgIpc) is 2.30. The molecule has 0 atom stereocenters. The van der Waals surface area contributed by atoms with Gasteiger partial charge in [-0.15, -0.1) is 0 Å². The molecule has 0 unspecified atom stereocenters. The normalized spacial score (nSPS) is 10.2. The van der Waals surface area contributed by atoms with Crippen molar-refractivity contribution in [2.24, 2.45) is 0 Å². The molecule has 0 bridgehead atoms. The molecule has 0 saturated heterocycles. The fourth-order valence-corrected chi connectivity index (χ4v) is 1.82. The molecule has 0 saturated carbocycles. The van der Waals surface area contributed by atoms with Crippen molar-refractivity contribution in [2.75, 3.05) is 5.32 Å². The lowest BCUT2D eigenvalue weighted by Gasteiger charge is -2.10. The Morgan fingerprint density at radius 1 is 1.18 bits per heavy atom. The zero-order valence-electron chi connectivity index (χ0n) is 9.57. The van der Waals surface area contributed by atoms with E-state index in [1.54, 1.807) is 12.1 Å². The van der Waals surface area contributed by atoms with E-state index in [1.807, 2.05) is 37.3 Å². The van der Waals surface area contributed by atoms with Crippen molar-refractivity contribution in [3.63, 3.8) is 0 Å². The molecule has 2 N–H and O–H groups in total. The van der Waals surface area contributed by atoms with Gasteiger partial charge in [-0.25, -0.2) is 0 Å². The van der Waals surface area contributed by atoms with Gasteiger partial charge in [0.15, 0.2) is 0 Å². The van der Waals surface area contributed by atoms with Crippen molar-refractivity contribution in [1.82, 2.24) is 0 Å². The summed E-state index contributed by atoms with van der Waals surface area (Å²) in [6.07, 6.45) is 0. The molecule has 0 aliphatic rings. The van der Waals surface area contributed by atoms with Gasteiger partial charge in [-0.2, -0.15) is 0 Å². The van der Waals surface area contributed by atoms with E-state index in [-0.39, 0.29) is 5.75 Å². The summed E-state index contributed by atoms with van der Waals surface area (Å²) in [5, 5.41) is 13.4. The number of aromatic hydroxyl groups is 1. The zero-order valence-corrected chi connectivity index (χ0v) is 10.3. The predicted octanol–water partition coefficient (Wildman–Crippen LogP) is 3.97. The fraction of sp³-hybridized carbons (Fsp3) is 0.143. The lowest BCUT2D eigenvalue weighted by atomic mass is 10.1. The van der Waals surface area contributed by atoms with Crippen molar-refractivity contribution < 1.29 is 5.11 Å². The Labute approximate surface area is 106 Å². The molecule has 0 aliphatic carbocycles. The number of halogens is 1. The minimum absolute atomic E-state index is 0.284. The summed E-state index contributed by atoms with van der Waals surface area (Å²) in [4.78, 5) is 0. The lowest BCUT2D eigenvalue weighted by Crippen LogP contribution is -2.00. The van der Waals surface area contributed by atoms with Crippen LogP contribution in [0.4, 0.5) is 5.69 Å². The molecular formula is C14H14ClNO. The van der Waals surface area contributed by atoms with Crippen LogP contribution in [0.3, 0.4) is 0 Å². The molecule has 0 radical (unpaired) electrons. The van der Waals surface area contributed by atoms with E-state index in [4.69, 9.17) is 11.6 Å². The fourth-order valence-electron chi connectivity index (χ4n) is 1.65. The maximum atomic E-state index is 9.36. The number of hydrogen-bond acceptors (Lipinski definition) is 2. The quantitative estimate of drug-likeness (QED) is 0.860. The van der Waals surface area contributed by atoms with E-state index in [2.05, 4.69) is 5.32 Å². The van der Waals surface area contributed by atoms with Crippen molar-refractivity contribution in [2.45, 2.75) is 13.5 Å². The highest BCUT2D eigenvalue weighted by atomic mass is 35.5. The topological polar surface area (TPSA) is 32.3 Å². The van der Waals surface area contributed by atoms with Gasteiger partial charge in [0.25, 0.3) is 0 Å². The first kappa shape index (κ1) is 11.8. The molecule has 0 aliphatic heterocycles. The highest BCUT2D eigenvalue weighted by molar-refractivity contribution is 6.30. The van der Waals surface area contributed by atoms with Crippen LogP contribution in [0.25, 0.3) is 0 Å². The molecule has 0 amide bonds. The summed E-state index contributed by atoms with van der Waals surface area (Å²) in [6, 6.07) is 13.0. The van der Waals surface area contributed by atoms with E-state index < -0.39 is 0 Å². The van der Waals surface area contributed by atoms with Crippen molar-refractivity contribution >= 4 is 17.3 Å². The Kier molecular flexibility index (Phi) is 3.55. The molecule has 2 rings (SSSR count). The lowest BCUT2D eigenvalue weighted by molar-refractivity contribution is 0.474. The number of phenols is 1. The Morgan fingerprint density at radius 3 is 2.76 bits per heavy atom. The van der Waals surface area contributed by atoms with Crippen LogP contribution in [0.15, 0.2) is 42.5 Å². The van der Waals surface area contributed by atoms with Gasteiger partial charge in [0, 0.05) is 17.3 Å². The molecule has 0 spiro atoms. The zero-order chi connectivity index (χ0) is 12.3. The van der Waals surface area contributed by atoms with Gasteiger partial charge in [-0.3, -0.25) is 0 Å². The number of benzene rings is 2. The van der Waals surface area contributed by atoms with E-state index in [0.717, 1.165) is 16.8 Å². The summed E-state index contributed by atoms with van der Waals surface area (Å²) in [6.45, 7) is 2.69. The maximum absolute atomic E-state index is 9.36. The van der Waals surface area contributed by atoms with Crippen molar-refractivity contribution in [3.05, 3.63) is 58.6 Å². The summed E-state index contributed by atoms with van der Waals surface area (Å²) >= 11 is 5.94. The number of anilines is 1. The first-order valence-corrected chi connectivity index (χ1v) is 5.81. The van der Waals surface area contributed by atoms with E-state index >= 15 is 0 Å². The molecule has 88 valence electrons. The second kappa shape index (κ2) is 5.11. The van der Waals surface area contributed by atoms with Crippen LogP contribution in [0, 0.1) is 6.92 Å². The van der Waals surface area contributed by atoms with Crippen molar-refractivity contribution in [1.29, 1.82) is 0 Å². The third-order valence-corrected chi connectivity index (χ3v) is 2.83. The Balaban J connectivity index is 2.09. The molecule has 3 heteroatoms. The van der Waals surface area contributed by atoms with Gasteiger partial charge >= 0.3 is 0 Å². The smallest absolute Gasteiger partial charge is 0.115 e. The molecule has 0 heterocycles. The Bertz CT molecular complexity index is 525. The maximum Gasteiger partial charge on any atom is 0.115 e. The van der Waals surface area contributed by atoms with Gasteiger partial charge in [0.2, 0.25) is 0 Å². The van der Waals surface area contributed by atoms with Gasteiger partial charge < -0.3 is 10.4 Å². The summed E-state index contributed by atoms with van der Waals surface area (Å²) in [5.74, 6) is 0.284. The first-order valence-electron chi connectivity index (χ1n) is 5.43. The molecule has 17 heavy (non-hydrogen) atoms. The van der Waals surface area contributed by atoms with Gasteiger partial charge in [0.05, 0.1) is 0 Å². The molecule has 0 aromatic heterocycles. The van der Waals surface area contributed by atoms with Gasteiger partial charge in [-0.1, -0.05) is 29.8 Å². The number of rotatable bonds is 3. The highest BCUT2D eigenvalue weighted by Crippen LogP contribution is 2.21. The third kappa shape index (κ3) is 3.14. The SMILES string of the molecule is Cc1ccc(Cl)cc1NCc1cccc(O)c1. The Hall–Kier alpha value is -1.67. The van der Waals surface area contributed by atoms with Crippen LogP contribution < -0.4 is 5.32 Å². The van der Waals surface area contributed by atoms with Crippen LogP contribution >= 0.6 is 11.6 Å². The third-order valence-electron chi connectivity index (χ3n) is 2.59. The number of hydrogen-bond donors (Lipinski definition) is 2. The highest BCUT2D eigenvalue weighted by Gasteiger charge is 2.00. The van der Waals surface area contributed by atoms with E-state index in [9.17, 15) is 5.11 Å². The van der Waals surface area contributed by atoms with Crippen LogP contribution in [0.5, 0.6) is 5.75 Å². The number of aryl methyl sites for hydroxylation is 1. The number of nitrogens with one attached hydrogen (secondary N) is 1. The van der Waals surface area contributed by atoms with Crippen molar-refractivity contribution in [3.8, 4) is 5.75 Å². The molecule has 2 aromatic carbocycles. The second-order valence-electron chi connectivity index (χ2n) is 3.98. The molecule has 0 fully saturated rings. The van der Waals surface area contributed by atoms with Crippen LogP contribution in [-0.2, 0) is 6.54 Å². The van der Waals surface area contributed by atoms with Crippen LogP contribution in [-0.4, -0.2) is 5.11 Å². The standard InChI is InChI=1S/C14H14ClNO/c1-10-5-6-12(15)8-14(10)16-9-11-3-2-4-13(17)7-11/h2-8,16-17H,9H2,1H3. The molecular weight excluding hydrogens is 234 g/mol. The number of phenolic OH excluding ortho intramolecular Hbond substituents is 1. The Morgan fingerprint density at radius 2 is 2.00 bits per heavy atom. The predicted molar refractivity (Wildman–Crippen MR) is 71.6 cm³/mol. The minimum atomic E-state index is 0.284. The second-order valence-corrected chi connectivity index (χ2v) is 4.42. The average molecular weight is 248 g/mol. The summed E-state index contributed by atoms with van der Waals surface area (Å²) in [7, 11) is 0. The summed E-state index contributed by atoms with van der Waals surface area (Å²) < 4.78 is 0. The van der Waals surface area contributed by atoms with E-state index in [0.29, 0.717) is 11.6 Å². The minimum Gasteiger partial charge on any atom is -0.508 e. The largest absolute Gasteiger partial charge is 0.508 e. The van der Waals surface area contributed by atoms with Gasteiger partial charge in [0.1, 0.15) is 5.75 Å². The summed E-state index contributed by atoms with van der Waals surface area (Å²) in [5.41, 5.74) is 3.19. The first-order chi connectivity index (χ1) is 8.15.